The molecular weight excluding hydrogens is 326 g/mol. The van der Waals surface area contributed by atoms with Gasteiger partial charge in [-0.2, -0.15) is 0 Å². The summed E-state index contributed by atoms with van der Waals surface area (Å²) in [6, 6.07) is 6.07. The molecule has 1 heterocycles. The molecule has 1 aliphatic rings. The smallest absolute Gasteiger partial charge is 0.193 e. The van der Waals surface area contributed by atoms with E-state index in [0.29, 0.717) is 19.6 Å². The lowest BCUT2D eigenvalue weighted by atomic mass is 10.1. The summed E-state index contributed by atoms with van der Waals surface area (Å²) in [5.41, 5.74) is 2.18. The summed E-state index contributed by atoms with van der Waals surface area (Å²) in [5.74, 6) is 1.73. The minimum absolute atomic E-state index is 0.152. The van der Waals surface area contributed by atoms with E-state index in [-0.39, 0.29) is 5.75 Å². The van der Waals surface area contributed by atoms with Crippen molar-refractivity contribution >= 4 is 15.8 Å². The van der Waals surface area contributed by atoms with Crippen LogP contribution < -0.4 is 10.1 Å². The van der Waals surface area contributed by atoms with Gasteiger partial charge in [0.1, 0.15) is 5.75 Å². The average Bonchev–Trinajstić information content (AvgIpc) is 2.52. The topological polar surface area (TPSA) is 71.0 Å². The predicted octanol–water partition coefficient (Wildman–Crippen LogP) is 1.59. The maximum absolute atomic E-state index is 12.1. The molecule has 1 fully saturated rings. The normalized spacial score (nSPS) is 19.9. The number of rotatable bonds is 3. The Kier molecular flexibility index (Phi) is 5.42. The van der Waals surface area contributed by atoms with Gasteiger partial charge in [-0.1, -0.05) is 12.1 Å². The molecule has 0 saturated carbocycles. The van der Waals surface area contributed by atoms with Crippen LogP contribution in [-0.4, -0.2) is 57.0 Å². The Bertz CT molecular complexity index is 727. The highest BCUT2D eigenvalue weighted by molar-refractivity contribution is 7.92. The van der Waals surface area contributed by atoms with Crippen LogP contribution in [0.4, 0.5) is 0 Å². The van der Waals surface area contributed by atoms with E-state index in [1.165, 1.54) is 0 Å². The molecule has 0 spiro atoms. The second-order valence-electron chi connectivity index (χ2n) is 6.70. The van der Waals surface area contributed by atoms with Crippen molar-refractivity contribution in [2.75, 3.05) is 33.0 Å². The molecule has 134 valence electrons. The van der Waals surface area contributed by atoms with Gasteiger partial charge in [0.2, 0.25) is 0 Å². The minimum Gasteiger partial charge on any atom is -0.496 e. The highest BCUT2D eigenvalue weighted by atomic mass is 32.2. The van der Waals surface area contributed by atoms with E-state index < -0.39 is 14.6 Å². The van der Waals surface area contributed by atoms with E-state index >= 15 is 0 Å². The van der Waals surface area contributed by atoms with Crippen LogP contribution >= 0.6 is 0 Å². The van der Waals surface area contributed by atoms with E-state index in [2.05, 4.69) is 10.3 Å². The Morgan fingerprint density at radius 1 is 1.42 bits per heavy atom. The van der Waals surface area contributed by atoms with Crippen LogP contribution in [0.5, 0.6) is 5.75 Å². The number of nitrogens with zero attached hydrogens (tertiary/aromatic N) is 2. The molecule has 1 aromatic rings. The molecule has 0 aromatic heterocycles. The van der Waals surface area contributed by atoms with Crippen molar-refractivity contribution in [3.63, 3.8) is 0 Å². The second kappa shape index (κ2) is 7.01. The number of aryl methyl sites for hydroxylation is 1. The fourth-order valence-corrected chi connectivity index (χ4v) is 4.18. The van der Waals surface area contributed by atoms with Crippen LogP contribution in [0.3, 0.4) is 0 Å². The van der Waals surface area contributed by atoms with Crippen LogP contribution in [0, 0.1) is 6.92 Å². The quantitative estimate of drug-likeness (QED) is 0.660. The van der Waals surface area contributed by atoms with Gasteiger partial charge >= 0.3 is 0 Å². The zero-order valence-corrected chi connectivity index (χ0v) is 15.9. The largest absolute Gasteiger partial charge is 0.496 e. The summed E-state index contributed by atoms with van der Waals surface area (Å²) >= 11 is 0. The van der Waals surface area contributed by atoms with Crippen molar-refractivity contribution in [3.05, 3.63) is 29.3 Å². The molecule has 1 N–H and O–H groups in total. The Labute approximate surface area is 144 Å². The summed E-state index contributed by atoms with van der Waals surface area (Å²) in [6.07, 6.45) is 0. The lowest BCUT2D eigenvalue weighted by Gasteiger charge is -2.39. The number of sulfone groups is 1. The van der Waals surface area contributed by atoms with E-state index in [1.54, 1.807) is 28.0 Å². The Morgan fingerprint density at radius 3 is 2.71 bits per heavy atom. The molecule has 0 radical (unpaired) electrons. The second-order valence-corrected chi connectivity index (χ2v) is 9.45. The van der Waals surface area contributed by atoms with Gasteiger partial charge in [0.05, 0.1) is 17.6 Å². The fraction of sp³-hybridized carbons (Fsp3) is 0.588. The fourth-order valence-electron chi connectivity index (χ4n) is 2.81. The number of ether oxygens (including phenoxy) is 1. The number of methoxy groups -OCH3 is 1. The molecule has 0 amide bonds. The zero-order valence-electron chi connectivity index (χ0n) is 15.1. The number of hydrogen-bond acceptors (Lipinski definition) is 4. The molecule has 0 atom stereocenters. The summed E-state index contributed by atoms with van der Waals surface area (Å²) in [6.45, 7) is 7.05. The van der Waals surface area contributed by atoms with Crippen LogP contribution in [-0.2, 0) is 16.4 Å². The Balaban J connectivity index is 2.06. The van der Waals surface area contributed by atoms with Gasteiger partial charge in [0.25, 0.3) is 0 Å². The van der Waals surface area contributed by atoms with Gasteiger partial charge in [-0.05, 0) is 38.0 Å². The first kappa shape index (κ1) is 18.6. The third-order valence-electron chi connectivity index (χ3n) is 4.48. The van der Waals surface area contributed by atoms with Gasteiger partial charge in [-0.15, -0.1) is 0 Å². The first-order valence-electron chi connectivity index (χ1n) is 8.01. The van der Waals surface area contributed by atoms with Crippen molar-refractivity contribution in [3.8, 4) is 5.75 Å². The SMILES string of the molecule is CN=C(NCc1ccc(C)c(OC)c1)N1CCS(=O)(=O)C(C)(C)C1. The number of benzene rings is 1. The van der Waals surface area contributed by atoms with E-state index in [9.17, 15) is 8.42 Å². The summed E-state index contributed by atoms with van der Waals surface area (Å²) in [5, 5.41) is 3.32. The first-order chi connectivity index (χ1) is 11.2. The van der Waals surface area contributed by atoms with Crippen molar-refractivity contribution in [1.29, 1.82) is 0 Å². The molecule has 1 aliphatic heterocycles. The third-order valence-corrected chi connectivity index (χ3v) is 7.01. The molecule has 1 saturated heterocycles. The molecule has 6 nitrogen and oxygen atoms in total. The lowest BCUT2D eigenvalue weighted by molar-refractivity contribution is 0.353. The summed E-state index contributed by atoms with van der Waals surface area (Å²) in [7, 11) is 0.320. The van der Waals surface area contributed by atoms with Crippen LogP contribution in [0.2, 0.25) is 0 Å². The monoisotopic (exact) mass is 353 g/mol. The first-order valence-corrected chi connectivity index (χ1v) is 9.67. The molecule has 7 heteroatoms. The van der Waals surface area contributed by atoms with Gasteiger partial charge in [0.15, 0.2) is 15.8 Å². The maximum Gasteiger partial charge on any atom is 0.193 e. The molecule has 2 rings (SSSR count). The van der Waals surface area contributed by atoms with Crippen LogP contribution in [0.15, 0.2) is 23.2 Å². The van der Waals surface area contributed by atoms with Gasteiger partial charge in [0, 0.05) is 26.7 Å². The van der Waals surface area contributed by atoms with Crippen molar-refractivity contribution in [2.45, 2.75) is 32.1 Å². The predicted molar refractivity (Wildman–Crippen MR) is 97.4 cm³/mol. The highest BCUT2D eigenvalue weighted by Gasteiger charge is 2.40. The summed E-state index contributed by atoms with van der Waals surface area (Å²) < 4.78 is 28.9. The van der Waals surface area contributed by atoms with Crippen LogP contribution in [0.1, 0.15) is 25.0 Å². The lowest BCUT2D eigenvalue weighted by Crippen LogP contribution is -2.57. The van der Waals surface area contributed by atoms with Gasteiger partial charge < -0.3 is 15.0 Å². The van der Waals surface area contributed by atoms with Crippen molar-refractivity contribution in [2.24, 2.45) is 4.99 Å². The van der Waals surface area contributed by atoms with Crippen molar-refractivity contribution in [1.82, 2.24) is 10.2 Å². The average molecular weight is 353 g/mol. The number of aliphatic imine (C=N–C) groups is 1. The van der Waals surface area contributed by atoms with Crippen LogP contribution in [0.25, 0.3) is 0 Å². The number of guanidine groups is 1. The third kappa shape index (κ3) is 3.83. The molecular formula is C17H27N3O3S. The highest BCUT2D eigenvalue weighted by Crippen LogP contribution is 2.24. The van der Waals surface area contributed by atoms with E-state index in [1.807, 2.05) is 30.0 Å². The molecule has 24 heavy (non-hydrogen) atoms. The molecule has 1 aromatic carbocycles. The molecule has 0 unspecified atom stereocenters. The molecule has 0 bridgehead atoms. The van der Waals surface area contributed by atoms with E-state index in [4.69, 9.17) is 4.74 Å². The maximum atomic E-state index is 12.1. The summed E-state index contributed by atoms with van der Waals surface area (Å²) in [4.78, 5) is 6.31. The van der Waals surface area contributed by atoms with Gasteiger partial charge in [-0.3, -0.25) is 4.99 Å². The number of nitrogens with one attached hydrogen (secondary N) is 1. The Hall–Kier alpha value is -1.76. The number of hydrogen-bond donors (Lipinski definition) is 1. The zero-order chi connectivity index (χ0) is 18.0. The van der Waals surface area contributed by atoms with Crippen molar-refractivity contribution < 1.29 is 13.2 Å². The van der Waals surface area contributed by atoms with Gasteiger partial charge in [-0.25, -0.2) is 8.42 Å². The Morgan fingerprint density at radius 2 is 2.12 bits per heavy atom. The van der Waals surface area contributed by atoms with E-state index in [0.717, 1.165) is 22.8 Å². The standard InChI is InChI=1S/C17H27N3O3S/c1-13-6-7-14(10-15(13)23-5)11-19-16(18-4)20-8-9-24(21,22)17(2,3)12-20/h6-7,10H,8-9,11-12H2,1-5H3,(H,18,19). The molecule has 0 aliphatic carbocycles. The minimum atomic E-state index is -3.06.